The van der Waals surface area contributed by atoms with Gasteiger partial charge in [0, 0.05) is 41.7 Å². The molecule has 0 spiro atoms. The zero-order chi connectivity index (χ0) is 24.2. The first kappa shape index (κ1) is 21.8. The second-order valence-corrected chi connectivity index (χ2v) is 7.75. The van der Waals surface area contributed by atoms with Crippen LogP contribution in [0.3, 0.4) is 0 Å². The van der Waals surface area contributed by atoms with Crippen LogP contribution in [0.15, 0.2) is 106 Å². The van der Waals surface area contributed by atoms with Crippen LogP contribution in [0, 0.1) is 0 Å². The molecule has 0 bridgehead atoms. The zero-order valence-corrected chi connectivity index (χ0v) is 18.7. The summed E-state index contributed by atoms with van der Waals surface area (Å²) in [5, 5.41) is 10.7. The van der Waals surface area contributed by atoms with Gasteiger partial charge in [0.1, 0.15) is 11.4 Å². The lowest BCUT2D eigenvalue weighted by Gasteiger charge is -2.16. The maximum Gasteiger partial charge on any atom is 0.296 e. The Morgan fingerprint density at radius 1 is 0.714 bits per heavy atom. The third kappa shape index (κ3) is 4.72. The largest absolute Gasteiger partial charge is 0.350 e. The van der Waals surface area contributed by atoms with Crippen LogP contribution in [0.2, 0.25) is 0 Å². The minimum Gasteiger partial charge on any atom is -0.350 e. The van der Waals surface area contributed by atoms with Crippen LogP contribution in [0.25, 0.3) is 22.5 Å². The summed E-state index contributed by atoms with van der Waals surface area (Å²) in [5.74, 6) is -0.635. The van der Waals surface area contributed by atoms with Gasteiger partial charge in [-0.05, 0) is 18.2 Å². The highest BCUT2D eigenvalue weighted by atomic mass is 16.5. The Hall–Kier alpha value is -4.98. The smallest absolute Gasteiger partial charge is 0.296 e. The van der Waals surface area contributed by atoms with Crippen molar-refractivity contribution in [2.45, 2.75) is 0 Å². The van der Waals surface area contributed by atoms with Gasteiger partial charge in [0.2, 0.25) is 11.5 Å². The molecule has 2 heterocycles. The van der Waals surface area contributed by atoms with E-state index in [0.717, 1.165) is 11.1 Å². The molecule has 8 nitrogen and oxygen atoms in total. The van der Waals surface area contributed by atoms with Crippen LogP contribution in [-0.4, -0.2) is 29.2 Å². The molecule has 0 aliphatic carbocycles. The van der Waals surface area contributed by atoms with Crippen molar-refractivity contribution >= 4 is 23.2 Å². The molecule has 2 aromatic heterocycles. The number of hydrogen-bond acceptors (Lipinski definition) is 6. The average Bonchev–Trinajstić information content (AvgIpc) is 3.60. The molecular formula is C27H20N4O4. The number of aromatic nitrogens is 2. The summed E-state index contributed by atoms with van der Waals surface area (Å²) in [6, 6.07) is 29.0. The van der Waals surface area contributed by atoms with Gasteiger partial charge in [-0.1, -0.05) is 77.0 Å². The van der Waals surface area contributed by atoms with Gasteiger partial charge in [0.25, 0.3) is 11.8 Å². The number of amides is 2. The monoisotopic (exact) mass is 464 g/mol. The molecule has 0 atom stereocenters. The molecule has 0 saturated heterocycles. The molecule has 2 amide bonds. The number of nitrogens with zero attached hydrogens (tertiary/aromatic N) is 3. The number of rotatable bonds is 6. The molecule has 5 aromatic rings. The van der Waals surface area contributed by atoms with E-state index >= 15 is 0 Å². The van der Waals surface area contributed by atoms with Crippen molar-refractivity contribution in [2.24, 2.45) is 0 Å². The second-order valence-electron chi connectivity index (χ2n) is 7.75. The van der Waals surface area contributed by atoms with E-state index in [1.807, 2.05) is 60.7 Å². The highest BCUT2D eigenvalue weighted by molar-refractivity contribution is 6.06. The topological polar surface area (TPSA) is 101 Å². The Bertz CT molecular complexity index is 1480. The SMILES string of the molecule is CN(C(=O)c1cc(-c2ccccc2)no1)c1cccc(NC(=O)c2cc(-c3ccccc3)no2)c1. The fourth-order valence-electron chi connectivity index (χ4n) is 3.52. The van der Waals surface area contributed by atoms with Crippen molar-refractivity contribution < 1.29 is 18.6 Å². The number of carbonyl (C=O) groups is 2. The first-order valence-electron chi connectivity index (χ1n) is 10.8. The van der Waals surface area contributed by atoms with E-state index in [-0.39, 0.29) is 17.4 Å². The molecular weight excluding hydrogens is 444 g/mol. The van der Waals surface area contributed by atoms with Crippen molar-refractivity contribution in [3.8, 4) is 22.5 Å². The van der Waals surface area contributed by atoms with Gasteiger partial charge in [-0.25, -0.2) is 0 Å². The third-order valence-corrected chi connectivity index (χ3v) is 5.39. The normalized spacial score (nSPS) is 10.7. The molecule has 172 valence electrons. The maximum absolute atomic E-state index is 13.0. The molecule has 8 heteroatoms. The highest BCUT2D eigenvalue weighted by Crippen LogP contribution is 2.24. The Kier molecular flexibility index (Phi) is 5.92. The minimum absolute atomic E-state index is 0.0776. The molecule has 0 aliphatic heterocycles. The van der Waals surface area contributed by atoms with Crippen molar-refractivity contribution in [1.29, 1.82) is 0 Å². The van der Waals surface area contributed by atoms with E-state index in [4.69, 9.17) is 9.05 Å². The third-order valence-electron chi connectivity index (χ3n) is 5.39. The molecule has 0 aliphatic rings. The molecule has 0 fully saturated rings. The molecule has 3 aromatic carbocycles. The van der Waals surface area contributed by atoms with E-state index in [9.17, 15) is 9.59 Å². The molecule has 0 radical (unpaired) electrons. The van der Waals surface area contributed by atoms with Crippen LogP contribution in [0.4, 0.5) is 11.4 Å². The van der Waals surface area contributed by atoms with Crippen LogP contribution >= 0.6 is 0 Å². The van der Waals surface area contributed by atoms with Crippen LogP contribution in [-0.2, 0) is 0 Å². The minimum atomic E-state index is -0.450. The van der Waals surface area contributed by atoms with Crippen LogP contribution < -0.4 is 10.2 Å². The Morgan fingerprint density at radius 3 is 1.91 bits per heavy atom. The fourth-order valence-corrected chi connectivity index (χ4v) is 3.52. The van der Waals surface area contributed by atoms with Crippen molar-refractivity contribution in [1.82, 2.24) is 10.3 Å². The predicted molar refractivity (Wildman–Crippen MR) is 131 cm³/mol. The van der Waals surface area contributed by atoms with E-state index in [1.165, 1.54) is 4.90 Å². The van der Waals surface area contributed by atoms with E-state index < -0.39 is 5.91 Å². The second kappa shape index (κ2) is 9.48. The summed E-state index contributed by atoms with van der Waals surface area (Å²) >= 11 is 0. The Balaban J connectivity index is 1.29. The van der Waals surface area contributed by atoms with Gasteiger partial charge in [-0.2, -0.15) is 0 Å². The molecule has 35 heavy (non-hydrogen) atoms. The summed E-state index contributed by atoms with van der Waals surface area (Å²) in [6.45, 7) is 0. The number of hydrogen-bond donors (Lipinski definition) is 1. The van der Waals surface area contributed by atoms with Crippen LogP contribution in [0.5, 0.6) is 0 Å². The number of carbonyl (C=O) groups excluding carboxylic acids is 2. The van der Waals surface area contributed by atoms with Gasteiger partial charge in [0.15, 0.2) is 0 Å². The Labute approximate surface area is 200 Å². The highest BCUT2D eigenvalue weighted by Gasteiger charge is 2.20. The van der Waals surface area contributed by atoms with Gasteiger partial charge in [-0.3, -0.25) is 9.59 Å². The van der Waals surface area contributed by atoms with E-state index in [1.54, 1.807) is 43.4 Å². The standard InChI is InChI=1S/C27H20N4O4/c1-31(27(33)25-17-23(30-35-25)19-11-6-3-7-12-19)21-14-8-13-20(15-21)28-26(32)24-16-22(29-34-24)18-9-4-2-5-10-18/h2-17H,1H3,(H,28,32). The van der Waals surface area contributed by atoms with Gasteiger partial charge >= 0.3 is 0 Å². The average molecular weight is 464 g/mol. The number of benzene rings is 3. The fraction of sp³-hybridized carbons (Fsp3) is 0.0370. The number of nitrogens with one attached hydrogen (secondary N) is 1. The number of anilines is 2. The molecule has 1 N–H and O–H groups in total. The van der Waals surface area contributed by atoms with Crippen molar-refractivity contribution in [2.75, 3.05) is 17.3 Å². The molecule has 0 unspecified atom stereocenters. The summed E-state index contributed by atoms with van der Waals surface area (Å²) in [5.41, 5.74) is 3.90. The van der Waals surface area contributed by atoms with Gasteiger partial charge < -0.3 is 19.3 Å². The summed E-state index contributed by atoms with van der Waals surface area (Å²) in [6.07, 6.45) is 0. The first-order valence-corrected chi connectivity index (χ1v) is 10.8. The Morgan fingerprint density at radius 2 is 1.29 bits per heavy atom. The van der Waals surface area contributed by atoms with Crippen LogP contribution in [0.1, 0.15) is 21.1 Å². The summed E-state index contributed by atoms with van der Waals surface area (Å²) in [7, 11) is 1.62. The van der Waals surface area contributed by atoms with Crippen molar-refractivity contribution in [3.63, 3.8) is 0 Å². The molecule has 0 saturated carbocycles. The predicted octanol–water partition coefficient (Wildman–Crippen LogP) is 5.53. The van der Waals surface area contributed by atoms with E-state index in [0.29, 0.717) is 22.8 Å². The molecule has 5 rings (SSSR count). The zero-order valence-electron chi connectivity index (χ0n) is 18.7. The summed E-state index contributed by atoms with van der Waals surface area (Å²) in [4.78, 5) is 27.1. The first-order chi connectivity index (χ1) is 17.1. The lowest BCUT2D eigenvalue weighted by Crippen LogP contribution is -2.26. The quantitative estimate of drug-likeness (QED) is 0.355. The van der Waals surface area contributed by atoms with Crippen molar-refractivity contribution in [3.05, 3.63) is 109 Å². The van der Waals surface area contributed by atoms with E-state index in [2.05, 4.69) is 15.6 Å². The lowest BCUT2D eigenvalue weighted by atomic mass is 10.1. The lowest BCUT2D eigenvalue weighted by molar-refractivity contribution is 0.0956. The van der Waals surface area contributed by atoms with Gasteiger partial charge in [0.05, 0.1) is 0 Å². The summed E-state index contributed by atoms with van der Waals surface area (Å²) < 4.78 is 10.5. The van der Waals surface area contributed by atoms with Gasteiger partial charge in [-0.15, -0.1) is 0 Å². The maximum atomic E-state index is 13.0.